The molecule has 0 aliphatic carbocycles. The first-order valence-corrected chi connectivity index (χ1v) is 10.3. The first-order valence-electron chi connectivity index (χ1n) is 10.3. The van der Waals surface area contributed by atoms with E-state index in [-0.39, 0.29) is 35.7 Å². The van der Waals surface area contributed by atoms with E-state index in [1.165, 1.54) is 24.5 Å². The van der Waals surface area contributed by atoms with Gasteiger partial charge in [0.1, 0.15) is 17.7 Å². The fourth-order valence-electron chi connectivity index (χ4n) is 4.02. The van der Waals surface area contributed by atoms with E-state index in [0.29, 0.717) is 32.6 Å². The minimum absolute atomic E-state index is 0.0339. The summed E-state index contributed by atoms with van der Waals surface area (Å²) in [7, 11) is 0. The number of rotatable bonds is 6. The maximum atomic E-state index is 12.6. The van der Waals surface area contributed by atoms with Crippen LogP contribution in [-0.2, 0) is 4.79 Å². The highest BCUT2D eigenvalue weighted by molar-refractivity contribution is 6.23. The van der Waals surface area contributed by atoms with Crippen LogP contribution in [-0.4, -0.2) is 75.1 Å². The van der Waals surface area contributed by atoms with Gasteiger partial charge >= 0.3 is 0 Å². The minimum atomic E-state index is -0.682. The molecule has 4 rings (SSSR count). The van der Waals surface area contributed by atoms with Crippen LogP contribution in [0.5, 0.6) is 0 Å². The Kier molecular flexibility index (Phi) is 5.80. The maximum Gasteiger partial charge on any atom is 0.282 e. The third-order valence-electron chi connectivity index (χ3n) is 5.69. The van der Waals surface area contributed by atoms with Crippen molar-refractivity contribution in [2.75, 3.05) is 37.6 Å². The first-order chi connectivity index (χ1) is 15.4. The number of nitrogens with zero attached hydrogens (tertiary/aromatic N) is 6. The molecule has 1 saturated heterocycles. The Labute approximate surface area is 183 Å². The zero-order valence-electron chi connectivity index (χ0n) is 17.6. The van der Waals surface area contributed by atoms with E-state index in [9.17, 15) is 24.5 Å². The van der Waals surface area contributed by atoms with Gasteiger partial charge in [-0.1, -0.05) is 6.07 Å². The summed E-state index contributed by atoms with van der Waals surface area (Å²) in [6.45, 7) is 4.36. The standard InChI is InChI=1S/C21H22N6O5/c1-14-12-17(23-13-22-14)24-8-10-25(11-9-24)18(28)6-3-7-26-20(29)15-4-2-5-16(27(31)32)19(15)21(26)30/h2,4-5,12-13H,3,6-11H2,1H3. The van der Waals surface area contributed by atoms with Crippen molar-refractivity contribution < 1.29 is 19.3 Å². The molecule has 3 heterocycles. The predicted molar refractivity (Wildman–Crippen MR) is 113 cm³/mol. The number of piperazine rings is 1. The molecule has 3 amide bonds. The maximum absolute atomic E-state index is 12.6. The number of anilines is 1. The summed E-state index contributed by atoms with van der Waals surface area (Å²) in [6, 6.07) is 5.91. The molecule has 0 N–H and O–H groups in total. The van der Waals surface area contributed by atoms with Crippen molar-refractivity contribution in [1.29, 1.82) is 0 Å². The molecule has 2 aliphatic heterocycles. The second-order valence-electron chi connectivity index (χ2n) is 7.71. The molecule has 0 radical (unpaired) electrons. The van der Waals surface area contributed by atoms with Gasteiger partial charge in [-0.3, -0.25) is 29.4 Å². The predicted octanol–water partition coefficient (Wildman–Crippen LogP) is 1.42. The second kappa shape index (κ2) is 8.69. The molecule has 1 aromatic carbocycles. The molecule has 0 spiro atoms. The third kappa shape index (κ3) is 4.01. The van der Waals surface area contributed by atoms with Crippen LogP contribution in [0.15, 0.2) is 30.6 Å². The topological polar surface area (TPSA) is 130 Å². The molecule has 1 aromatic heterocycles. The smallest absolute Gasteiger partial charge is 0.282 e. The van der Waals surface area contributed by atoms with Crippen molar-refractivity contribution >= 4 is 29.2 Å². The van der Waals surface area contributed by atoms with Gasteiger partial charge in [0.25, 0.3) is 17.5 Å². The third-order valence-corrected chi connectivity index (χ3v) is 5.69. The first kappa shape index (κ1) is 21.3. The van der Waals surface area contributed by atoms with E-state index < -0.39 is 16.7 Å². The normalized spacial score (nSPS) is 15.8. The van der Waals surface area contributed by atoms with E-state index >= 15 is 0 Å². The van der Waals surface area contributed by atoms with Crippen LogP contribution in [0, 0.1) is 17.0 Å². The lowest BCUT2D eigenvalue weighted by atomic mass is 10.1. The summed E-state index contributed by atoms with van der Waals surface area (Å²) in [5.41, 5.74) is 0.361. The fraction of sp³-hybridized carbons (Fsp3) is 0.381. The molecule has 0 atom stereocenters. The van der Waals surface area contributed by atoms with Gasteiger partial charge in [-0.15, -0.1) is 0 Å². The van der Waals surface area contributed by atoms with Crippen molar-refractivity contribution in [3.8, 4) is 0 Å². The number of nitro benzene ring substituents is 1. The van der Waals surface area contributed by atoms with Crippen LogP contribution < -0.4 is 4.90 Å². The molecule has 0 unspecified atom stereocenters. The molecule has 1 fully saturated rings. The van der Waals surface area contributed by atoms with Crippen molar-refractivity contribution in [3.63, 3.8) is 0 Å². The van der Waals surface area contributed by atoms with Crippen molar-refractivity contribution in [3.05, 3.63) is 57.5 Å². The summed E-state index contributed by atoms with van der Waals surface area (Å²) in [5, 5.41) is 11.2. The molecule has 0 bridgehead atoms. The zero-order chi connectivity index (χ0) is 22.8. The summed E-state index contributed by atoms with van der Waals surface area (Å²) < 4.78 is 0. The van der Waals surface area contributed by atoms with Crippen molar-refractivity contribution in [2.45, 2.75) is 19.8 Å². The molecule has 0 saturated carbocycles. The molecular weight excluding hydrogens is 416 g/mol. The Hall–Kier alpha value is -3.89. The van der Waals surface area contributed by atoms with Gasteiger partial charge in [-0.2, -0.15) is 0 Å². The van der Waals surface area contributed by atoms with Crippen molar-refractivity contribution in [1.82, 2.24) is 19.8 Å². The molecule has 2 aliphatic rings. The average Bonchev–Trinajstić information content (AvgIpc) is 3.04. The van der Waals surface area contributed by atoms with Gasteiger partial charge in [0.15, 0.2) is 0 Å². The number of carbonyl (C=O) groups excluding carboxylic acids is 3. The number of amides is 3. The van der Waals surface area contributed by atoms with Crippen LogP contribution in [0.2, 0.25) is 0 Å². The number of aryl methyl sites for hydroxylation is 1. The second-order valence-corrected chi connectivity index (χ2v) is 7.71. The number of hydrogen-bond donors (Lipinski definition) is 0. The highest BCUT2D eigenvalue weighted by atomic mass is 16.6. The Morgan fingerprint density at radius 2 is 1.88 bits per heavy atom. The van der Waals surface area contributed by atoms with Gasteiger partial charge in [0.05, 0.1) is 10.5 Å². The van der Waals surface area contributed by atoms with Gasteiger partial charge in [-0.05, 0) is 19.4 Å². The van der Waals surface area contributed by atoms with E-state index in [0.717, 1.165) is 16.4 Å². The van der Waals surface area contributed by atoms with Crippen molar-refractivity contribution in [2.24, 2.45) is 0 Å². The monoisotopic (exact) mass is 438 g/mol. The average molecular weight is 438 g/mol. The van der Waals surface area contributed by atoms with Crippen LogP contribution in [0.4, 0.5) is 11.5 Å². The molecular formula is C21H22N6O5. The van der Waals surface area contributed by atoms with Gasteiger partial charge in [0, 0.05) is 57.0 Å². The largest absolute Gasteiger partial charge is 0.353 e. The lowest BCUT2D eigenvalue weighted by molar-refractivity contribution is -0.385. The highest BCUT2D eigenvalue weighted by Gasteiger charge is 2.40. The minimum Gasteiger partial charge on any atom is -0.353 e. The zero-order valence-corrected chi connectivity index (χ0v) is 17.6. The van der Waals surface area contributed by atoms with Gasteiger partial charge in [0.2, 0.25) is 5.91 Å². The Balaban J connectivity index is 1.29. The van der Waals surface area contributed by atoms with E-state index in [2.05, 4.69) is 14.9 Å². The Bertz CT molecular complexity index is 1100. The lowest BCUT2D eigenvalue weighted by Crippen LogP contribution is -2.49. The van der Waals surface area contributed by atoms with Gasteiger partial charge < -0.3 is 9.80 Å². The molecule has 166 valence electrons. The molecule has 32 heavy (non-hydrogen) atoms. The van der Waals surface area contributed by atoms with Crippen LogP contribution >= 0.6 is 0 Å². The number of imide groups is 1. The fourth-order valence-corrected chi connectivity index (χ4v) is 4.02. The summed E-state index contributed by atoms with van der Waals surface area (Å²) in [6.07, 6.45) is 2.00. The van der Waals surface area contributed by atoms with Crippen LogP contribution in [0.1, 0.15) is 39.3 Å². The SMILES string of the molecule is Cc1cc(N2CCN(C(=O)CCCN3C(=O)c4cccc([N+](=O)[O-])c4C3=O)CC2)ncn1. The number of carbonyl (C=O) groups is 3. The molecule has 11 heteroatoms. The number of hydrogen-bond acceptors (Lipinski definition) is 8. The molecule has 11 nitrogen and oxygen atoms in total. The van der Waals surface area contributed by atoms with Crippen LogP contribution in [0.3, 0.4) is 0 Å². The highest BCUT2D eigenvalue weighted by Crippen LogP contribution is 2.30. The van der Waals surface area contributed by atoms with Crippen LogP contribution in [0.25, 0.3) is 0 Å². The molecule has 2 aromatic rings. The summed E-state index contributed by atoms with van der Waals surface area (Å²) in [4.78, 5) is 61.5. The number of benzene rings is 1. The Morgan fingerprint density at radius 1 is 1.12 bits per heavy atom. The summed E-state index contributed by atoms with van der Waals surface area (Å²) >= 11 is 0. The van der Waals surface area contributed by atoms with Gasteiger partial charge in [-0.25, -0.2) is 9.97 Å². The number of nitro groups is 1. The number of fused-ring (bicyclic) bond motifs is 1. The van der Waals surface area contributed by atoms with E-state index in [4.69, 9.17) is 0 Å². The quantitative estimate of drug-likeness (QED) is 0.376. The summed E-state index contributed by atoms with van der Waals surface area (Å²) in [5.74, 6) is -0.455. The Morgan fingerprint density at radius 3 is 2.56 bits per heavy atom. The number of aromatic nitrogens is 2. The van der Waals surface area contributed by atoms with E-state index in [1.54, 1.807) is 4.90 Å². The van der Waals surface area contributed by atoms with E-state index in [1.807, 2.05) is 13.0 Å². The lowest BCUT2D eigenvalue weighted by Gasteiger charge is -2.35.